The van der Waals surface area contributed by atoms with Crippen molar-refractivity contribution in [1.82, 2.24) is 10.6 Å². The Balaban J connectivity index is 0.00000312. The Morgan fingerprint density at radius 1 is 1.00 bits per heavy atom. The summed E-state index contributed by atoms with van der Waals surface area (Å²) in [5.41, 5.74) is 3.88. The molecule has 0 unspecified atom stereocenters. The highest BCUT2D eigenvalue weighted by atomic mass is 127. The van der Waals surface area contributed by atoms with E-state index >= 15 is 0 Å². The fourth-order valence-corrected chi connectivity index (χ4v) is 2.25. The Labute approximate surface area is 166 Å². The van der Waals surface area contributed by atoms with Crippen LogP contribution in [0.1, 0.15) is 16.7 Å². The largest absolute Gasteiger partial charge is 0.378 e. The topological polar surface area (TPSA) is 39.7 Å². The van der Waals surface area contributed by atoms with Crippen molar-refractivity contribution in [3.8, 4) is 0 Å². The molecule has 2 aromatic rings. The molecule has 2 aromatic carbocycles. The van der Waals surface area contributed by atoms with Crippen molar-refractivity contribution in [1.29, 1.82) is 0 Å². The van der Waals surface area contributed by atoms with Gasteiger partial charge in [-0.2, -0.15) is 0 Å². The Morgan fingerprint density at radius 3 is 2.08 bits per heavy atom. The Kier molecular flexibility index (Phi) is 8.68. The molecule has 25 heavy (non-hydrogen) atoms. The molecule has 4 nitrogen and oxygen atoms in total. The predicted molar refractivity (Wildman–Crippen MR) is 114 cm³/mol. The summed E-state index contributed by atoms with van der Waals surface area (Å²) in [6.07, 6.45) is 0. The summed E-state index contributed by atoms with van der Waals surface area (Å²) in [5.74, 6) is 0.505. The van der Waals surface area contributed by atoms with Gasteiger partial charge in [0.25, 0.3) is 0 Å². The second-order valence-electron chi connectivity index (χ2n) is 5.92. The van der Waals surface area contributed by atoms with Crippen LogP contribution in [0, 0.1) is 12.7 Å². The first-order valence-corrected chi connectivity index (χ1v) is 7.95. The van der Waals surface area contributed by atoms with E-state index in [9.17, 15) is 4.39 Å². The van der Waals surface area contributed by atoms with Crippen LogP contribution < -0.4 is 15.5 Å². The second kappa shape index (κ2) is 10.2. The predicted octanol–water partition coefficient (Wildman–Crippen LogP) is 3.68. The van der Waals surface area contributed by atoms with E-state index in [0.29, 0.717) is 24.6 Å². The molecule has 0 saturated carbocycles. The minimum Gasteiger partial charge on any atom is -0.378 e. The smallest absolute Gasteiger partial charge is 0.191 e. The summed E-state index contributed by atoms with van der Waals surface area (Å²) in [7, 11) is 5.76. The molecule has 136 valence electrons. The maximum Gasteiger partial charge on any atom is 0.191 e. The van der Waals surface area contributed by atoms with Gasteiger partial charge in [0.1, 0.15) is 5.82 Å². The maximum atomic E-state index is 13.6. The highest BCUT2D eigenvalue weighted by Gasteiger charge is 2.02. The molecule has 2 rings (SSSR count). The van der Waals surface area contributed by atoms with E-state index in [1.165, 1.54) is 11.3 Å². The maximum absolute atomic E-state index is 13.6. The summed E-state index contributed by atoms with van der Waals surface area (Å²) >= 11 is 0. The summed E-state index contributed by atoms with van der Waals surface area (Å²) < 4.78 is 13.6. The van der Waals surface area contributed by atoms with Crippen LogP contribution in [0.15, 0.2) is 47.5 Å². The number of nitrogens with zero attached hydrogens (tertiary/aromatic N) is 2. The average molecular weight is 456 g/mol. The zero-order valence-corrected chi connectivity index (χ0v) is 17.5. The molecule has 2 N–H and O–H groups in total. The number of aryl methyl sites for hydroxylation is 1. The first-order valence-electron chi connectivity index (χ1n) is 7.95. The van der Waals surface area contributed by atoms with Crippen molar-refractivity contribution in [3.05, 3.63) is 65.0 Å². The summed E-state index contributed by atoms with van der Waals surface area (Å²) in [5, 5.41) is 6.46. The molecule has 0 saturated heterocycles. The van der Waals surface area contributed by atoms with Crippen molar-refractivity contribution in [2.75, 3.05) is 26.0 Å². The number of aliphatic imine (C=N–C) groups is 1. The molecule has 0 aliphatic carbocycles. The van der Waals surface area contributed by atoms with E-state index in [4.69, 9.17) is 0 Å². The summed E-state index contributed by atoms with van der Waals surface area (Å²) in [6, 6.07) is 13.6. The van der Waals surface area contributed by atoms with Crippen molar-refractivity contribution >= 4 is 35.6 Å². The SMILES string of the molecule is CN=C(NCc1ccc(N(C)C)cc1)NCc1ccc(C)c(F)c1.I. The molecule has 0 aliphatic rings. The van der Waals surface area contributed by atoms with Crippen LogP contribution in [0.3, 0.4) is 0 Å². The lowest BCUT2D eigenvalue weighted by Crippen LogP contribution is -2.36. The number of rotatable bonds is 5. The Bertz CT molecular complexity index is 699. The van der Waals surface area contributed by atoms with Crippen LogP contribution in [0.5, 0.6) is 0 Å². The molecule has 0 heterocycles. The van der Waals surface area contributed by atoms with Gasteiger partial charge in [-0.1, -0.05) is 24.3 Å². The van der Waals surface area contributed by atoms with Crippen molar-refractivity contribution in [2.24, 2.45) is 4.99 Å². The lowest BCUT2D eigenvalue weighted by Gasteiger charge is -2.14. The van der Waals surface area contributed by atoms with E-state index in [1.54, 1.807) is 26.1 Å². The van der Waals surface area contributed by atoms with E-state index < -0.39 is 0 Å². The molecule has 0 radical (unpaired) electrons. The molecule has 0 amide bonds. The van der Waals surface area contributed by atoms with Crippen molar-refractivity contribution in [3.63, 3.8) is 0 Å². The summed E-state index contributed by atoms with van der Waals surface area (Å²) in [6.45, 7) is 2.96. The van der Waals surface area contributed by atoms with Crippen molar-refractivity contribution in [2.45, 2.75) is 20.0 Å². The average Bonchev–Trinajstić information content (AvgIpc) is 2.58. The minimum atomic E-state index is -0.182. The Morgan fingerprint density at radius 2 is 1.56 bits per heavy atom. The quantitative estimate of drug-likeness (QED) is 0.410. The zero-order valence-electron chi connectivity index (χ0n) is 15.1. The first-order chi connectivity index (χ1) is 11.5. The van der Waals surface area contributed by atoms with E-state index in [-0.39, 0.29) is 29.8 Å². The number of hydrogen-bond donors (Lipinski definition) is 2. The number of hydrogen-bond acceptors (Lipinski definition) is 2. The Hall–Kier alpha value is -1.83. The van der Waals surface area contributed by atoms with Gasteiger partial charge in [-0.3, -0.25) is 4.99 Å². The molecular formula is C19H26FIN4. The normalized spacial score (nSPS) is 10.8. The van der Waals surface area contributed by atoms with Crippen LogP contribution in [-0.2, 0) is 13.1 Å². The van der Waals surface area contributed by atoms with Gasteiger partial charge in [0, 0.05) is 39.9 Å². The van der Waals surface area contributed by atoms with Gasteiger partial charge < -0.3 is 15.5 Å². The van der Waals surface area contributed by atoms with Gasteiger partial charge in [-0.15, -0.1) is 24.0 Å². The first kappa shape index (κ1) is 21.2. The molecule has 0 aliphatic heterocycles. The third-order valence-electron chi connectivity index (χ3n) is 3.83. The third-order valence-corrected chi connectivity index (χ3v) is 3.83. The molecular weight excluding hydrogens is 430 g/mol. The van der Waals surface area contributed by atoms with Crippen LogP contribution in [-0.4, -0.2) is 27.1 Å². The number of anilines is 1. The molecule has 0 spiro atoms. The number of halogens is 2. The van der Waals surface area contributed by atoms with Gasteiger partial charge in [0.05, 0.1) is 0 Å². The lowest BCUT2D eigenvalue weighted by molar-refractivity contribution is 0.615. The van der Waals surface area contributed by atoms with E-state index in [1.807, 2.05) is 20.2 Å². The van der Waals surface area contributed by atoms with Gasteiger partial charge in [-0.25, -0.2) is 4.39 Å². The monoisotopic (exact) mass is 456 g/mol. The number of guanidine groups is 1. The van der Waals surface area contributed by atoms with E-state index in [0.717, 1.165) is 5.56 Å². The second-order valence-corrected chi connectivity index (χ2v) is 5.92. The highest BCUT2D eigenvalue weighted by molar-refractivity contribution is 14.0. The van der Waals surface area contributed by atoms with Crippen LogP contribution in [0.4, 0.5) is 10.1 Å². The minimum absolute atomic E-state index is 0. The fourth-order valence-electron chi connectivity index (χ4n) is 2.25. The highest BCUT2D eigenvalue weighted by Crippen LogP contribution is 2.12. The van der Waals surface area contributed by atoms with Crippen LogP contribution >= 0.6 is 24.0 Å². The number of nitrogens with one attached hydrogen (secondary N) is 2. The lowest BCUT2D eigenvalue weighted by atomic mass is 10.1. The van der Waals surface area contributed by atoms with Gasteiger partial charge in [-0.05, 0) is 41.8 Å². The number of benzene rings is 2. The molecule has 0 fully saturated rings. The third kappa shape index (κ3) is 6.53. The molecule has 0 aromatic heterocycles. The fraction of sp³-hybridized carbons (Fsp3) is 0.316. The van der Waals surface area contributed by atoms with Crippen LogP contribution in [0.2, 0.25) is 0 Å². The van der Waals surface area contributed by atoms with Gasteiger partial charge >= 0.3 is 0 Å². The standard InChI is InChI=1S/C19H25FN4.HI/c1-14-5-6-16(11-18(14)20)13-23-19(21-2)22-12-15-7-9-17(10-8-15)24(3)4;/h5-11H,12-13H2,1-4H3,(H2,21,22,23);1H. The van der Waals surface area contributed by atoms with E-state index in [2.05, 4.69) is 44.8 Å². The van der Waals surface area contributed by atoms with Gasteiger partial charge in [0.2, 0.25) is 0 Å². The zero-order chi connectivity index (χ0) is 17.5. The van der Waals surface area contributed by atoms with Crippen LogP contribution in [0.25, 0.3) is 0 Å². The summed E-state index contributed by atoms with van der Waals surface area (Å²) in [4.78, 5) is 6.26. The van der Waals surface area contributed by atoms with Crippen molar-refractivity contribution < 1.29 is 4.39 Å². The molecule has 0 atom stereocenters. The molecule has 6 heteroatoms. The molecule has 0 bridgehead atoms. The van der Waals surface area contributed by atoms with Gasteiger partial charge in [0.15, 0.2) is 5.96 Å².